The van der Waals surface area contributed by atoms with Gasteiger partial charge < -0.3 is 18.6 Å². The molecule has 0 N–H and O–H groups in total. The van der Waals surface area contributed by atoms with Gasteiger partial charge in [-0.3, -0.25) is 9.97 Å². The van der Waals surface area contributed by atoms with E-state index >= 15 is 0 Å². The van der Waals surface area contributed by atoms with Crippen LogP contribution in [-0.2, 0) is 24.6 Å². The van der Waals surface area contributed by atoms with Crippen molar-refractivity contribution < 1.29 is 9.47 Å². The van der Waals surface area contributed by atoms with Crippen LogP contribution in [0.1, 0.15) is 25.0 Å². The van der Waals surface area contributed by atoms with Gasteiger partial charge in [0, 0.05) is 48.1 Å². The van der Waals surface area contributed by atoms with Crippen LogP contribution in [0.2, 0.25) is 15.1 Å². The zero-order valence-corrected chi connectivity index (χ0v) is 29.8. The molecule has 7 rings (SSSR count). The van der Waals surface area contributed by atoms with Gasteiger partial charge in [-0.25, -0.2) is 0 Å². The number of halogens is 3. The molecule has 246 valence electrons. The van der Waals surface area contributed by atoms with Crippen LogP contribution in [0, 0.1) is 0 Å². The van der Waals surface area contributed by atoms with Gasteiger partial charge in [0.15, 0.2) is 33.5 Å². The number of ether oxygens (including phenoxy) is 2. The molecule has 15 heteroatoms. The SMILES string of the molecule is CCn1c(SCc2cc3c(cc2Cl)OCO3)nnc1-c1ccccn1.CCn1c(SCc2ccc(Cl)c(Cl)c2)nnc1-c1ccccn1. The lowest BCUT2D eigenvalue weighted by atomic mass is 10.2. The minimum atomic E-state index is 0.236. The predicted molar refractivity (Wildman–Crippen MR) is 191 cm³/mol. The van der Waals surface area contributed by atoms with Crippen molar-refractivity contribution >= 4 is 58.3 Å². The molecular formula is C33H29Cl3N8O2S2. The number of pyridine rings is 2. The Morgan fingerprint density at radius 1 is 0.646 bits per heavy atom. The number of aromatic nitrogens is 8. The van der Waals surface area contributed by atoms with Crippen molar-refractivity contribution in [3.05, 3.63) is 105 Å². The lowest BCUT2D eigenvalue weighted by molar-refractivity contribution is 0.174. The summed E-state index contributed by atoms with van der Waals surface area (Å²) >= 11 is 21.5. The van der Waals surface area contributed by atoms with Gasteiger partial charge in [-0.15, -0.1) is 20.4 Å². The van der Waals surface area contributed by atoms with Crippen molar-refractivity contribution in [2.24, 2.45) is 0 Å². The van der Waals surface area contributed by atoms with Crippen molar-refractivity contribution in [3.63, 3.8) is 0 Å². The first-order valence-corrected chi connectivity index (χ1v) is 18.0. The lowest BCUT2D eigenvalue weighted by Crippen LogP contribution is -2.00. The third-order valence-corrected chi connectivity index (χ3v) is 10.2. The third-order valence-electron chi connectivity index (χ3n) is 7.10. The van der Waals surface area contributed by atoms with E-state index in [0.717, 1.165) is 69.1 Å². The van der Waals surface area contributed by atoms with Crippen LogP contribution in [-0.4, -0.2) is 46.3 Å². The summed E-state index contributed by atoms with van der Waals surface area (Å²) in [7, 11) is 0. The first kappa shape index (κ1) is 34.1. The van der Waals surface area contributed by atoms with Crippen molar-refractivity contribution in [1.29, 1.82) is 0 Å². The van der Waals surface area contributed by atoms with E-state index in [1.54, 1.807) is 42.0 Å². The smallest absolute Gasteiger partial charge is 0.231 e. The number of nitrogens with zero attached hydrogens (tertiary/aromatic N) is 8. The standard InChI is InChI=1S/C17H15ClN4O2S.C16H14Cl2N4S/c1-2-22-16(13-5-3-4-6-19-13)20-21-17(22)25-9-11-7-14-15(8-12(11)18)24-10-23-14;1-2-22-15(14-5-3-4-8-19-14)20-21-16(22)23-10-11-6-7-12(17)13(18)9-11/h3-8H,2,9-10H2,1H3;3-9H,2,10H2,1H3. The van der Waals surface area contributed by atoms with E-state index in [4.69, 9.17) is 44.3 Å². The largest absolute Gasteiger partial charge is 0.454 e. The van der Waals surface area contributed by atoms with E-state index in [2.05, 4.69) is 48.8 Å². The van der Waals surface area contributed by atoms with Crippen LogP contribution in [0.5, 0.6) is 11.5 Å². The Hall–Kier alpha value is -3.81. The van der Waals surface area contributed by atoms with E-state index < -0.39 is 0 Å². The molecule has 0 atom stereocenters. The van der Waals surface area contributed by atoms with Gasteiger partial charge in [0.25, 0.3) is 0 Å². The molecule has 0 spiro atoms. The average Bonchev–Trinajstić information content (AvgIpc) is 3.86. The molecular weight excluding hydrogens is 711 g/mol. The van der Waals surface area contributed by atoms with Crippen molar-refractivity contribution in [1.82, 2.24) is 39.5 Å². The molecule has 0 saturated heterocycles. The Morgan fingerprint density at radius 3 is 1.77 bits per heavy atom. The van der Waals surface area contributed by atoms with Crippen molar-refractivity contribution in [2.75, 3.05) is 6.79 Å². The minimum Gasteiger partial charge on any atom is -0.454 e. The van der Waals surface area contributed by atoms with Gasteiger partial charge in [-0.2, -0.15) is 0 Å². The average molecular weight is 740 g/mol. The predicted octanol–water partition coefficient (Wildman–Crippen LogP) is 8.99. The van der Waals surface area contributed by atoms with E-state index in [1.165, 1.54) is 0 Å². The molecule has 10 nitrogen and oxygen atoms in total. The maximum atomic E-state index is 6.35. The summed E-state index contributed by atoms with van der Waals surface area (Å²) in [5.74, 6) is 4.37. The molecule has 6 aromatic rings. The molecule has 1 aliphatic rings. The van der Waals surface area contributed by atoms with Gasteiger partial charge in [0.1, 0.15) is 11.4 Å². The Kier molecular flexibility index (Phi) is 11.4. The molecule has 0 amide bonds. The quantitative estimate of drug-likeness (QED) is 0.126. The molecule has 0 fully saturated rings. The molecule has 0 bridgehead atoms. The van der Waals surface area contributed by atoms with Gasteiger partial charge in [-0.1, -0.05) is 76.5 Å². The topological polar surface area (TPSA) is 106 Å². The first-order valence-electron chi connectivity index (χ1n) is 14.9. The van der Waals surface area contributed by atoms with Crippen LogP contribution < -0.4 is 9.47 Å². The minimum absolute atomic E-state index is 0.236. The number of hydrogen-bond acceptors (Lipinski definition) is 10. The zero-order chi connectivity index (χ0) is 33.5. The summed E-state index contributed by atoms with van der Waals surface area (Å²) in [4.78, 5) is 8.70. The lowest BCUT2D eigenvalue weighted by Gasteiger charge is -2.08. The number of fused-ring (bicyclic) bond motifs is 1. The van der Waals surface area contributed by atoms with Crippen molar-refractivity contribution in [2.45, 2.75) is 48.8 Å². The monoisotopic (exact) mass is 738 g/mol. The van der Waals surface area contributed by atoms with E-state index in [0.29, 0.717) is 26.6 Å². The highest BCUT2D eigenvalue weighted by Crippen LogP contribution is 2.39. The molecule has 5 heterocycles. The van der Waals surface area contributed by atoms with Crippen LogP contribution >= 0.6 is 58.3 Å². The third kappa shape index (κ3) is 7.90. The van der Waals surface area contributed by atoms with E-state index in [9.17, 15) is 0 Å². The number of benzene rings is 2. The normalized spacial score (nSPS) is 11.8. The fraction of sp³-hybridized carbons (Fsp3) is 0.212. The summed E-state index contributed by atoms with van der Waals surface area (Å²) in [6, 6.07) is 20.9. The van der Waals surface area contributed by atoms with E-state index in [-0.39, 0.29) is 6.79 Å². The molecule has 1 aliphatic heterocycles. The van der Waals surface area contributed by atoms with Gasteiger partial charge in [0.2, 0.25) is 6.79 Å². The highest BCUT2D eigenvalue weighted by molar-refractivity contribution is 7.98. The molecule has 4 aromatic heterocycles. The number of thioether (sulfide) groups is 2. The van der Waals surface area contributed by atoms with E-state index in [1.807, 2.05) is 65.2 Å². The Bertz CT molecular complexity index is 1990. The second kappa shape index (κ2) is 16.1. The zero-order valence-electron chi connectivity index (χ0n) is 25.9. The van der Waals surface area contributed by atoms with Crippen LogP contribution in [0.3, 0.4) is 0 Å². The van der Waals surface area contributed by atoms with Crippen LogP contribution in [0.25, 0.3) is 23.0 Å². The highest BCUT2D eigenvalue weighted by Gasteiger charge is 2.19. The molecule has 2 aromatic carbocycles. The summed E-state index contributed by atoms with van der Waals surface area (Å²) in [6.07, 6.45) is 3.51. The van der Waals surface area contributed by atoms with Gasteiger partial charge in [-0.05, 0) is 67.4 Å². The molecule has 0 unspecified atom stereocenters. The fourth-order valence-corrected chi connectivity index (χ4v) is 7.28. The summed E-state index contributed by atoms with van der Waals surface area (Å²) in [6.45, 7) is 5.91. The maximum Gasteiger partial charge on any atom is 0.231 e. The van der Waals surface area contributed by atoms with Gasteiger partial charge in [0.05, 0.1) is 10.0 Å². The van der Waals surface area contributed by atoms with Crippen LogP contribution in [0.15, 0.2) is 89.4 Å². The molecule has 0 saturated carbocycles. The summed E-state index contributed by atoms with van der Waals surface area (Å²) < 4.78 is 14.9. The maximum absolute atomic E-state index is 6.35. The summed E-state index contributed by atoms with van der Waals surface area (Å²) in [5.41, 5.74) is 3.70. The Labute approximate surface area is 301 Å². The highest BCUT2D eigenvalue weighted by atomic mass is 35.5. The molecule has 0 aliphatic carbocycles. The van der Waals surface area contributed by atoms with Crippen molar-refractivity contribution in [3.8, 4) is 34.5 Å². The number of hydrogen-bond donors (Lipinski definition) is 0. The number of rotatable bonds is 10. The molecule has 48 heavy (non-hydrogen) atoms. The second-order valence-corrected chi connectivity index (χ2v) is 13.3. The Morgan fingerprint density at radius 2 is 1.23 bits per heavy atom. The Balaban J connectivity index is 0.000000168. The van der Waals surface area contributed by atoms with Crippen LogP contribution in [0.4, 0.5) is 0 Å². The fourth-order valence-electron chi connectivity index (χ4n) is 4.72. The summed E-state index contributed by atoms with van der Waals surface area (Å²) in [5, 5.41) is 20.7. The molecule has 0 radical (unpaired) electrons. The second-order valence-electron chi connectivity index (χ2n) is 10.2. The first-order chi connectivity index (χ1) is 23.4. The van der Waals surface area contributed by atoms with Gasteiger partial charge >= 0.3 is 0 Å².